The molecule has 0 aliphatic rings. The number of nitrogens with one attached hydrogen (secondary N) is 1. The Morgan fingerprint density at radius 2 is 1.96 bits per heavy atom. The highest BCUT2D eigenvalue weighted by atomic mass is 35.5. The number of carbonyl (C=O) groups excluding carboxylic acids is 1. The SMILES string of the molecule is CCc1ccc(Cl)c(CC)c1NC(=O)c1cnc(SC)cc1C(=O)O. The van der Waals surface area contributed by atoms with Crippen molar-refractivity contribution in [3.8, 4) is 0 Å². The van der Waals surface area contributed by atoms with E-state index in [0.29, 0.717) is 22.2 Å². The van der Waals surface area contributed by atoms with Crippen LogP contribution in [-0.4, -0.2) is 28.2 Å². The summed E-state index contributed by atoms with van der Waals surface area (Å²) in [6, 6.07) is 5.08. The fourth-order valence-corrected chi connectivity index (χ4v) is 3.24. The van der Waals surface area contributed by atoms with E-state index in [-0.39, 0.29) is 11.1 Å². The number of carboxylic acid groups (broad SMARTS) is 1. The number of aryl methyl sites for hydroxylation is 1. The molecule has 0 bridgehead atoms. The van der Waals surface area contributed by atoms with Crippen molar-refractivity contribution in [2.75, 3.05) is 11.6 Å². The van der Waals surface area contributed by atoms with Crippen LogP contribution in [0.1, 0.15) is 45.7 Å². The predicted molar refractivity (Wildman–Crippen MR) is 101 cm³/mol. The number of thioether (sulfide) groups is 1. The van der Waals surface area contributed by atoms with Crippen LogP contribution in [0.15, 0.2) is 29.4 Å². The van der Waals surface area contributed by atoms with Crippen molar-refractivity contribution < 1.29 is 14.7 Å². The number of nitrogens with zero attached hydrogens (tertiary/aromatic N) is 1. The molecule has 5 nitrogen and oxygen atoms in total. The summed E-state index contributed by atoms with van der Waals surface area (Å²) in [6.07, 6.45) is 4.46. The van der Waals surface area contributed by atoms with Crippen LogP contribution in [0, 0.1) is 0 Å². The Morgan fingerprint density at radius 1 is 1.24 bits per heavy atom. The Morgan fingerprint density at radius 3 is 2.52 bits per heavy atom. The lowest BCUT2D eigenvalue weighted by Gasteiger charge is -2.16. The molecule has 0 saturated carbocycles. The number of hydrogen-bond acceptors (Lipinski definition) is 4. The van der Waals surface area contributed by atoms with Gasteiger partial charge in [0.25, 0.3) is 5.91 Å². The lowest BCUT2D eigenvalue weighted by atomic mass is 10.0. The van der Waals surface area contributed by atoms with Gasteiger partial charge in [-0.1, -0.05) is 31.5 Å². The first-order valence-corrected chi connectivity index (χ1v) is 9.42. The van der Waals surface area contributed by atoms with Gasteiger partial charge in [0.15, 0.2) is 0 Å². The minimum atomic E-state index is -1.17. The van der Waals surface area contributed by atoms with Crippen molar-refractivity contribution in [3.05, 3.63) is 51.7 Å². The molecular weight excluding hydrogens is 360 g/mol. The second-order valence-electron chi connectivity index (χ2n) is 5.30. The zero-order chi connectivity index (χ0) is 18.6. The number of hydrogen-bond donors (Lipinski definition) is 2. The summed E-state index contributed by atoms with van der Waals surface area (Å²) in [4.78, 5) is 28.3. The fourth-order valence-electron chi connectivity index (χ4n) is 2.55. The first-order chi connectivity index (χ1) is 11.9. The molecule has 0 fully saturated rings. The van der Waals surface area contributed by atoms with Crippen LogP contribution in [0.25, 0.3) is 0 Å². The number of carbonyl (C=O) groups is 2. The molecule has 25 heavy (non-hydrogen) atoms. The third-order valence-electron chi connectivity index (χ3n) is 3.88. The van der Waals surface area contributed by atoms with E-state index >= 15 is 0 Å². The highest BCUT2D eigenvalue weighted by molar-refractivity contribution is 7.98. The average molecular weight is 379 g/mol. The van der Waals surface area contributed by atoms with Crippen molar-refractivity contribution in [1.29, 1.82) is 0 Å². The Hall–Kier alpha value is -2.05. The molecule has 7 heteroatoms. The number of aromatic nitrogens is 1. The zero-order valence-electron chi connectivity index (χ0n) is 14.2. The van der Waals surface area contributed by atoms with E-state index in [9.17, 15) is 14.7 Å². The van der Waals surface area contributed by atoms with Gasteiger partial charge in [0, 0.05) is 16.9 Å². The molecule has 0 radical (unpaired) electrons. The number of anilines is 1. The summed E-state index contributed by atoms with van der Waals surface area (Å²) < 4.78 is 0. The van der Waals surface area contributed by atoms with Crippen molar-refractivity contribution in [3.63, 3.8) is 0 Å². The smallest absolute Gasteiger partial charge is 0.336 e. The van der Waals surface area contributed by atoms with E-state index in [1.165, 1.54) is 24.0 Å². The molecule has 1 aromatic carbocycles. The quantitative estimate of drug-likeness (QED) is 0.722. The van der Waals surface area contributed by atoms with E-state index < -0.39 is 11.9 Å². The molecule has 0 saturated heterocycles. The predicted octanol–water partition coefficient (Wildman–Crippen LogP) is 4.53. The third-order valence-corrected chi connectivity index (χ3v) is 4.87. The molecule has 0 aliphatic carbocycles. The number of aromatic carboxylic acids is 1. The average Bonchev–Trinajstić information content (AvgIpc) is 2.61. The topological polar surface area (TPSA) is 79.3 Å². The Balaban J connectivity index is 2.48. The van der Waals surface area contributed by atoms with E-state index in [4.69, 9.17) is 11.6 Å². The third kappa shape index (κ3) is 4.14. The van der Waals surface area contributed by atoms with Gasteiger partial charge in [-0.05, 0) is 42.4 Å². The second-order valence-corrected chi connectivity index (χ2v) is 6.53. The van der Waals surface area contributed by atoms with Crippen molar-refractivity contribution >= 4 is 40.9 Å². The standard InChI is InChI=1S/C18H19ClN2O3S/c1-4-10-6-7-14(19)11(5-2)16(10)21-17(22)13-9-20-15(25-3)8-12(13)18(23)24/h6-9H,4-5H2,1-3H3,(H,21,22)(H,23,24). The summed E-state index contributed by atoms with van der Waals surface area (Å²) in [5.74, 6) is -1.68. The van der Waals surface area contributed by atoms with Crippen LogP contribution in [-0.2, 0) is 12.8 Å². The van der Waals surface area contributed by atoms with Crippen LogP contribution in [0.4, 0.5) is 5.69 Å². The summed E-state index contributed by atoms with van der Waals surface area (Å²) in [5, 5.41) is 13.4. The summed E-state index contributed by atoms with van der Waals surface area (Å²) in [7, 11) is 0. The maximum Gasteiger partial charge on any atom is 0.336 e. The van der Waals surface area contributed by atoms with Gasteiger partial charge >= 0.3 is 5.97 Å². The van der Waals surface area contributed by atoms with Gasteiger partial charge in [-0.3, -0.25) is 4.79 Å². The summed E-state index contributed by atoms with van der Waals surface area (Å²) in [6.45, 7) is 3.93. The number of halogens is 1. The monoisotopic (exact) mass is 378 g/mol. The second kappa shape index (κ2) is 8.36. The Labute approximate surface area is 155 Å². The van der Waals surface area contributed by atoms with Gasteiger partial charge in [-0.25, -0.2) is 9.78 Å². The van der Waals surface area contributed by atoms with E-state index in [2.05, 4.69) is 10.3 Å². The molecule has 2 aromatic rings. The highest BCUT2D eigenvalue weighted by Crippen LogP contribution is 2.30. The normalized spacial score (nSPS) is 10.6. The lowest BCUT2D eigenvalue weighted by molar-refractivity contribution is 0.0692. The van der Waals surface area contributed by atoms with E-state index in [0.717, 1.165) is 17.5 Å². The molecule has 132 valence electrons. The molecule has 0 aliphatic heterocycles. The first-order valence-electron chi connectivity index (χ1n) is 7.81. The van der Waals surface area contributed by atoms with Gasteiger partial charge in [-0.15, -0.1) is 11.8 Å². The number of rotatable bonds is 6. The number of carboxylic acids is 1. The van der Waals surface area contributed by atoms with E-state index in [1.54, 1.807) is 6.26 Å². The Kier molecular flexibility index (Phi) is 6.45. The molecule has 2 N–H and O–H groups in total. The molecule has 1 heterocycles. The van der Waals surface area contributed by atoms with Gasteiger partial charge in [0.1, 0.15) is 0 Å². The number of pyridine rings is 1. The molecule has 1 aromatic heterocycles. The zero-order valence-corrected chi connectivity index (χ0v) is 15.8. The molecule has 0 spiro atoms. The minimum absolute atomic E-state index is 0.0226. The largest absolute Gasteiger partial charge is 0.478 e. The maximum atomic E-state index is 12.7. The van der Waals surface area contributed by atoms with Gasteiger partial charge < -0.3 is 10.4 Å². The summed E-state index contributed by atoms with van der Waals surface area (Å²) in [5.41, 5.74) is 2.37. The van der Waals surface area contributed by atoms with Crippen molar-refractivity contribution in [2.45, 2.75) is 31.7 Å². The van der Waals surface area contributed by atoms with Crippen LogP contribution >= 0.6 is 23.4 Å². The van der Waals surface area contributed by atoms with Gasteiger partial charge in [0.2, 0.25) is 0 Å². The van der Waals surface area contributed by atoms with Gasteiger partial charge in [-0.2, -0.15) is 0 Å². The van der Waals surface area contributed by atoms with Crippen LogP contribution in [0.2, 0.25) is 5.02 Å². The minimum Gasteiger partial charge on any atom is -0.478 e. The Bertz CT molecular complexity index is 824. The van der Waals surface area contributed by atoms with Crippen LogP contribution in [0.5, 0.6) is 0 Å². The van der Waals surface area contributed by atoms with Crippen molar-refractivity contribution in [2.24, 2.45) is 0 Å². The summed E-state index contributed by atoms with van der Waals surface area (Å²) >= 11 is 7.56. The molecule has 1 amide bonds. The van der Waals surface area contributed by atoms with Crippen molar-refractivity contribution in [1.82, 2.24) is 4.98 Å². The first kappa shape index (κ1) is 19.3. The van der Waals surface area contributed by atoms with Gasteiger partial charge in [0.05, 0.1) is 16.2 Å². The number of amides is 1. The van der Waals surface area contributed by atoms with E-state index in [1.807, 2.05) is 26.0 Å². The molecule has 2 rings (SSSR count). The lowest BCUT2D eigenvalue weighted by Crippen LogP contribution is -2.19. The molecule has 0 atom stereocenters. The van der Waals surface area contributed by atoms with Crippen LogP contribution < -0.4 is 5.32 Å². The molecule has 0 unspecified atom stereocenters. The fraction of sp³-hybridized carbons (Fsp3) is 0.278. The van der Waals surface area contributed by atoms with Crippen LogP contribution in [0.3, 0.4) is 0 Å². The number of benzene rings is 1. The maximum absolute atomic E-state index is 12.7. The highest BCUT2D eigenvalue weighted by Gasteiger charge is 2.20. The molecular formula is C18H19ClN2O3S.